The summed E-state index contributed by atoms with van der Waals surface area (Å²) < 4.78 is 13.1. The van der Waals surface area contributed by atoms with Gasteiger partial charge in [-0.3, -0.25) is 0 Å². The minimum absolute atomic E-state index is 0.250. The second-order valence-corrected chi connectivity index (χ2v) is 5.44. The third-order valence-corrected chi connectivity index (χ3v) is 4.11. The van der Waals surface area contributed by atoms with Crippen LogP contribution in [0.25, 0.3) is 0 Å². The van der Waals surface area contributed by atoms with E-state index in [-0.39, 0.29) is 11.9 Å². The number of benzene rings is 2. The van der Waals surface area contributed by atoms with Crippen LogP contribution in [0.5, 0.6) is 0 Å². The maximum absolute atomic E-state index is 13.1. The number of halogens is 2. The molecule has 20 heavy (non-hydrogen) atoms. The molecule has 2 unspecified atom stereocenters. The molecule has 0 saturated heterocycles. The second kappa shape index (κ2) is 6.87. The molecule has 0 aromatic heterocycles. The van der Waals surface area contributed by atoms with Crippen molar-refractivity contribution in [3.63, 3.8) is 0 Å². The van der Waals surface area contributed by atoms with Crippen LogP contribution in [0, 0.1) is 5.82 Å². The maximum atomic E-state index is 13.1. The quantitative estimate of drug-likeness (QED) is 0.860. The van der Waals surface area contributed by atoms with Crippen molar-refractivity contribution in [2.24, 2.45) is 0 Å². The summed E-state index contributed by atoms with van der Waals surface area (Å²) in [6.45, 7) is 2.19. The molecule has 2 aromatic rings. The lowest BCUT2D eigenvalue weighted by atomic mass is 9.89. The summed E-state index contributed by atoms with van der Waals surface area (Å²) >= 11 is 6.11. The molecule has 0 fully saturated rings. The predicted molar refractivity (Wildman–Crippen MR) is 82.8 cm³/mol. The summed E-state index contributed by atoms with van der Waals surface area (Å²) in [4.78, 5) is 0. The molecule has 2 aromatic carbocycles. The first kappa shape index (κ1) is 15.0. The Morgan fingerprint density at radius 3 is 2.45 bits per heavy atom. The zero-order chi connectivity index (χ0) is 14.5. The zero-order valence-corrected chi connectivity index (χ0v) is 12.5. The summed E-state index contributed by atoms with van der Waals surface area (Å²) in [5.41, 5.74) is 2.25. The van der Waals surface area contributed by atoms with Crippen LogP contribution in [0.4, 0.5) is 4.39 Å². The molecule has 2 atom stereocenters. The highest BCUT2D eigenvalue weighted by molar-refractivity contribution is 6.31. The van der Waals surface area contributed by atoms with Crippen LogP contribution in [-0.2, 0) is 6.42 Å². The van der Waals surface area contributed by atoms with Crippen LogP contribution in [0.3, 0.4) is 0 Å². The lowest BCUT2D eigenvalue weighted by molar-refractivity contribution is 0.482. The Hall–Kier alpha value is -1.38. The fourth-order valence-corrected chi connectivity index (χ4v) is 2.69. The Balaban J connectivity index is 2.16. The van der Waals surface area contributed by atoms with Gasteiger partial charge in [0.05, 0.1) is 0 Å². The molecule has 0 bridgehead atoms. The highest BCUT2D eigenvalue weighted by atomic mass is 35.5. The predicted octanol–water partition coefficient (Wildman–Crippen LogP) is 4.41. The summed E-state index contributed by atoms with van der Waals surface area (Å²) in [5, 5.41) is 3.83. The number of nitrogens with one attached hydrogen (secondary N) is 1. The van der Waals surface area contributed by atoms with Gasteiger partial charge in [-0.15, -0.1) is 0 Å². The average molecular weight is 292 g/mol. The topological polar surface area (TPSA) is 12.0 Å². The Kier molecular flexibility index (Phi) is 5.16. The van der Waals surface area contributed by atoms with Gasteiger partial charge in [-0.25, -0.2) is 4.39 Å². The largest absolute Gasteiger partial charge is 0.316 e. The molecule has 0 saturated carbocycles. The van der Waals surface area contributed by atoms with E-state index in [0.29, 0.717) is 10.9 Å². The molecular weight excluding hydrogens is 273 g/mol. The van der Waals surface area contributed by atoms with Crippen LogP contribution in [-0.4, -0.2) is 13.1 Å². The number of rotatable bonds is 5. The van der Waals surface area contributed by atoms with Gasteiger partial charge in [-0.1, -0.05) is 54.9 Å². The molecule has 2 rings (SSSR count). The average Bonchev–Trinajstić information content (AvgIpc) is 2.47. The van der Waals surface area contributed by atoms with E-state index in [4.69, 9.17) is 11.6 Å². The van der Waals surface area contributed by atoms with Crippen molar-refractivity contribution in [1.29, 1.82) is 0 Å². The van der Waals surface area contributed by atoms with Crippen LogP contribution in [0.1, 0.15) is 24.0 Å². The molecular formula is C17H19ClFN. The maximum Gasteiger partial charge on any atom is 0.124 e. The van der Waals surface area contributed by atoms with Gasteiger partial charge in [0.25, 0.3) is 0 Å². The first-order valence-corrected chi connectivity index (χ1v) is 7.15. The molecule has 0 amide bonds. The lowest BCUT2D eigenvalue weighted by Gasteiger charge is -2.24. The van der Waals surface area contributed by atoms with Gasteiger partial charge in [0.1, 0.15) is 5.82 Å². The van der Waals surface area contributed by atoms with Gasteiger partial charge in [-0.05, 0) is 42.6 Å². The molecule has 106 valence electrons. The second-order valence-electron chi connectivity index (χ2n) is 5.03. The van der Waals surface area contributed by atoms with Crippen molar-refractivity contribution in [2.75, 3.05) is 7.05 Å². The van der Waals surface area contributed by atoms with Gasteiger partial charge in [0.2, 0.25) is 0 Å². The molecule has 0 aliphatic rings. The highest BCUT2D eigenvalue weighted by Crippen LogP contribution is 2.25. The van der Waals surface area contributed by atoms with Crippen LogP contribution < -0.4 is 5.32 Å². The molecule has 1 N–H and O–H groups in total. The number of likely N-dealkylation sites (N-methyl/N-ethyl adjacent to an activating group) is 1. The summed E-state index contributed by atoms with van der Waals surface area (Å²) in [7, 11) is 1.95. The summed E-state index contributed by atoms with van der Waals surface area (Å²) in [6, 6.07) is 15.2. The minimum Gasteiger partial charge on any atom is -0.316 e. The van der Waals surface area contributed by atoms with Crippen molar-refractivity contribution in [1.82, 2.24) is 5.32 Å². The Bertz CT molecular complexity index is 556. The van der Waals surface area contributed by atoms with Crippen molar-refractivity contribution in [2.45, 2.75) is 25.3 Å². The summed E-state index contributed by atoms with van der Waals surface area (Å²) in [5.74, 6) is 0.0539. The zero-order valence-electron chi connectivity index (χ0n) is 11.7. The molecule has 0 aliphatic heterocycles. The molecule has 3 heteroatoms. The highest BCUT2D eigenvalue weighted by Gasteiger charge is 2.18. The first-order chi connectivity index (χ1) is 9.61. The normalized spacial score (nSPS) is 14.0. The van der Waals surface area contributed by atoms with Crippen LogP contribution in [0.2, 0.25) is 5.02 Å². The van der Waals surface area contributed by atoms with Gasteiger partial charge in [0, 0.05) is 11.1 Å². The minimum atomic E-state index is -0.295. The van der Waals surface area contributed by atoms with E-state index in [2.05, 4.69) is 24.4 Å². The van der Waals surface area contributed by atoms with E-state index < -0.39 is 0 Å². The van der Waals surface area contributed by atoms with Crippen molar-refractivity contribution in [3.05, 3.63) is 70.5 Å². The van der Waals surface area contributed by atoms with E-state index in [0.717, 1.165) is 12.0 Å². The van der Waals surface area contributed by atoms with E-state index in [1.807, 2.05) is 25.2 Å². The monoisotopic (exact) mass is 291 g/mol. The van der Waals surface area contributed by atoms with Crippen molar-refractivity contribution < 1.29 is 4.39 Å². The third-order valence-electron chi connectivity index (χ3n) is 3.75. The van der Waals surface area contributed by atoms with Gasteiger partial charge in [0.15, 0.2) is 0 Å². The van der Waals surface area contributed by atoms with Crippen molar-refractivity contribution >= 4 is 11.6 Å². The van der Waals surface area contributed by atoms with E-state index in [9.17, 15) is 4.39 Å². The fraction of sp³-hybridized carbons (Fsp3) is 0.294. The smallest absolute Gasteiger partial charge is 0.124 e. The van der Waals surface area contributed by atoms with Crippen molar-refractivity contribution in [3.8, 4) is 0 Å². The number of hydrogen-bond acceptors (Lipinski definition) is 1. The SMILES string of the molecule is CNC(Cc1ccc(F)cc1Cl)C(C)c1ccccc1. The van der Waals surface area contributed by atoms with E-state index >= 15 is 0 Å². The lowest BCUT2D eigenvalue weighted by Crippen LogP contribution is -2.33. The Morgan fingerprint density at radius 1 is 1.15 bits per heavy atom. The molecule has 0 spiro atoms. The molecule has 1 nitrogen and oxygen atoms in total. The fourth-order valence-electron chi connectivity index (χ4n) is 2.44. The standard InChI is InChI=1S/C17H19ClFN/c1-12(13-6-4-3-5-7-13)17(20-2)10-14-8-9-15(19)11-16(14)18/h3-9,11-12,17,20H,10H2,1-2H3. The van der Waals surface area contributed by atoms with Gasteiger partial charge >= 0.3 is 0 Å². The molecule has 0 heterocycles. The Morgan fingerprint density at radius 2 is 1.85 bits per heavy atom. The van der Waals surface area contributed by atoms with Gasteiger partial charge < -0.3 is 5.32 Å². The van der Waals surface area contributed by atoms with E-state index in [1.165, 1.54) is 17.7 Å². The Labute approximate surface area is 124 Å². The number of hydrogen-bond donors (Lipinski definition) is 1. The van der Waals surface area contributed by atoms with Gasteiger partial charge in [-0.2, -0.15) is 0 Å². The molecule has 0 aliphatic carbocycles. The summed E-state index contributed by atoms with van der Waals surface area (Å²) in [6.07, 6.45) is 0.770. The first-order valence-electron chi connectivity index (χ1n) is 6.78. The van der Waals surface area contributed by atoms with E-state index in [1.54, 1.807) is 6.07 Å². The van der Waals surface area contributed by atoms with Crippen LogP contribution >= 0.6 is 11.6 Å². The van der Waals surface area contributed by atoms with Crippen LogP contribution in [0.15, 0.2) is 48.5 Å². The molecule has 0 radical (unpaired) electrons. The third kappa shape index (κ3) is 3.59.